The topological polar surface area (TPSA) is 154 Å². The Morgan fingerprint density at radius 3 is 1.38 bits per heavy atom. The van der Waals surface area contributed by atoms with Gasteiger partial charge in [0.15, 0.2) is 5.78 Å². The number of ether oxygens (including phenoxy) is 3. The normalized spacial score (nSPS) is 10.3. The van der Waals surface area contributed by atoms with E-state index in [1.54, 1.807) is 36.4 Å². The minimum atomic E-state index is -0.561. The van der Waals surface area contributed by atoms with Gasteiger partial charge in [-0.2, -0.15) is 0 Å². The molecule has 4 aromatic carbocycles. The summed E-state index contributed by atoms with van der Waals surface area (Å²) in [6, 6.07) is 22.9. The second-order valence-electron chi connectivity index (χ2n) is 9.79. The summed E-state index contributed by atoms with van der Waals surface area (Å²) >= 11 is 0. The van der Waals surface area contributed by atoms with Crippen LogP contribution in [0.15, 0.2) is 91.0 Å². The summed E-state index contributed by atoms with van der Waals surface area (Å²) in [5.74, 6) is -2.42. The van der Waals surface area contributed by atoms with Crippen molar-refractivity contribution in [1.29, 1.82) is 0 Å². The molecule has 0 aliphatic carbocycles. The Balaban J connectivity index is 1.63. The third kappa shape index (κ3) is 9.45. The largest absolute Gasteiger partial charge is 0.427 e. The molecule has 0 aliphatic rings. The molecule has 0 heterocycles. The summed E-state index contributed by atoms with van der Waals surface area (Å²) in [6.45, 7) is 3.75. The maximum absolute atomic E-state index is 13.4. The van der Waals surface area contributed by atoms with Crippen LogP contribution in [0.3, 0.4) is 0 Å². The van der Waals surface area contributed by atoms with E-state index in [0.29, 0.717) is 5.56 Å². The highest BCUT2D eigenvalue weighted by Gasteiger charge is 2.16. The summed E-state index contributed by atoms with van der Waals surface area (Å²) < 4.78 is 15.2. The predicted molar refractivity (Wildman–Crippen MR) is 164 cm³/mol. The van der Waals surface area contributed by atoms with E-state index in [2.05, 4.69) is 10.6 Å². The number of carbonyl (C=O) groups is 6. The number of carbonyl (C=O) groups excluding carboxylic acids is 6. The second kappa shape index (κ2) is 14.4. The van der Waals surface area contributed by atoms with Crippen molar-refractivity contribution in [1.82, 2.24) is 0 Å². The van der Waals surface area contributed by atoms with Crippen LogP contribution in [-0.4, -0.2) is 35.5 Å². The summed E-state index contributed by atoms with van der Waals surface area (Å²) in [5, 5.41) is 5.43. The SMILES string of the molecule is CC(=O)Oc1cccc(CC(=O)c2cc(NC(=O)c3cccc(OC(C)=O)c3)cc(NC(=O)c3cccc(OC(C)=O)c3)c2)c1. The highest BCUT2D eigenvalue weighted by Crippen LogP contribution is 2.24. The van der Waals surface area contributed by atoms with Crippen LogP contribution >= 0.6 is 0 Å². The van der Waals surface area contributed by atoms with Crippen molar-refractivity contribution in [3.05, 3.63) is 113 Å². The zero-order valence-corrected chi connectivity index (χ0v) is 24.5. The Morgan fingerprint density at radius 2 is 0.933 bits per heavy atom. The van der Waals surface area contributed by atoms with Crippen LogP contribution in [0.4, 0.5) is 11.4 Å². The summed E-state index contributed by atoms with van der Waals surface area (Å²) in [7, 11) is 0. The van der Waals surface area contributed by atoms with Crippen LogP contribution in [0.2, 0.25) is 0 Å². The fourth-order valence-corrected chi connectivity index (χ4v) is 4.25. The van der Waals surface area contributed by atoms with Crippen molar-refractivity contribution in [3.8, 4) is 17.2 Å². The molecule has 45 heavy (non-hydrogen) atoms. The summed E-state index contributed by atoms with van der Waals surface area (Å²) in [4.78, 5) is 73.7. The van der Waals surface area contributed by atoms with Crippen molar-refractivity contribution in [2.24, 2.45) is 0 Å². The molecule has 0 aromatic heterocycles. The van der Waals surface area contributed by atoms with Crippen LogP contribution in [0.25, 0.3) is 0 Å². The first kappa shape index (κ1) is 31.8. The van der Waals surface area contributed by atoms with Crippen molar-refractivity contribution in [3.63, 3.8) is 0 Å². The number of ketones is 1. The maximum Gasteiger partial charge on any atom is 0.308 e. The molecule has 0 atom stereocenters. The molecule has 0 radical (unpaired) electrons. The molecule has 0 saturated heterocycles. The second-order valence-corrected chi connectivity index (χ2v) is 9.79. The third-order valence-electron chi connectivity index (χ3n) is 6.01. The molecular weight excluding hydrogens is 580 g/mol. The minimum absolute atomic E-state index is 0.0747. The summed E-state index contributed by atoms with van der Waals surface area (Å²) in [6.07, 6.45) is -0.0747. The first-order chi connectivity index (χ1) is 21.4. The van der Waals surface area contributed by atoms with Crippen LogP contribution in [0, 0.1) is 0 Å². The zero-order valence-electron chi connectivity index (χ0n) is 24.5. The molecule has 228 valence electrons. The average Bonchev–Trinajstić information content (AvgIpc) is 2.96. The number of hydrogen-bond donors (Lipinski definition) is 2. The van der Waals surface area contributed by atoms with E-state index in [-0.39, 0.29) is 57.5 Å². The quantitative estimate of drug-likeness (QED) is 0.137. The van der Waals surface area contributed by atoms with E-state index < -0.39 is 29.7 Å². The molecule has 4 rings (SSSR count). The molecule has 0 spiro atoms. The van der Waals surface area contributed by atoms with E-state index in [4.69, 9.17) is 14.2 Å². The molecule has 0 unspecified atom stereocenters. The molecular formula is C34H28N2O9. The predicted octanol–water partition coefficient (Wildman–Crippen LogP) is 5.39. The third-order valence-corrected chi connectivity index (χ3v) is 6.01. The van der Waals surface area contributed by atoms with Gasteiger partial charge in [-0.25, -0.2) is 0 Å². The molecule has 11 heteroatoms. The lowest BCUT2D eigenvalue weighted by molar-refractivity contribution is -0.132. The number of amides is 2. The van der Waals surface area contributed by atoms with Gasteiger partial charge in [0.25, 0.3) is 11.8 Å². The molecule has 2 amide bonds. The lowest BCUT2D eigenvalue weighted by Gasteiger charge is -2.13. The Labute approximate surface area is 258 Å². The highest BCUT2D eigenvalue weighted by molar-refractivity contribution is 6.08. The number of hydrogen-bond acceptors (Lipinski definition) is 9. The van der Waals surface area contributed by atoms with E-state index in [0.717, 1.165) is 0 Å². The van der Waals surface area contributed by atoms with Gasteiger partial charge in [-0.3, -0.25) is 28.8 Å². The number of benzene rings is 4. The molecule has 0 aliphatic heterocycles. The Kier molecular flexibility index (Phi) is 10.2. The maximum atomic E-state index is 13.4. The minimum Gasteiger partial charge on any atom is -0.427 e. The van der Waals surface area contributed by atoms with Gasteiger partial charge in [-0.15, -0.1) is 0 Å². The van der Waals surface area contributed by atoms with Gasteiger partial charge >= 0.3 is 17.9 Å². The lowest BCUT2D eigenvalue weighted by Crippen LogP contribution is -2.16. The van der Waals surface area contributed by atoms with Crippen molar-refractivity contribution in [2.45, 2.75) is 27.2 Å². The van der Waals surface area contributed by atoms with E-state index in [1.165, 1.54) is 75.4 Å². The first-order valence-electron chi connectivity index (χ1n) is 13.6. The Bertz CT molecular complexity index is 1720. The van der Waals surface area contributed by atoms with E-state index in [9.17, 15) is 28.8 Å². The average molecular weight is 609 g/mol. The van der Waals surface area contributed by atoms with E-state index >= 15 is 0 Å². The number of esters is 3. The van der Waals surface area contributed by atoms with Gasteiger partial charge in [-0.05, 0) is 72.3 Å². The van der Waals surface area contributed by atoms with Crippen LogP contribution in [-0.2, 0) is 20.8 Å². The zero-order chi connectivity index (χ0) is 32.5. The molecule has 0 fully saturated rings. The lowest BCUT2D eigenvalue weighted by atomic mass is 10.0. The molecule has 4 aromatic rings. The number of nitrogens with one attached hydrogen (secondary N) is 2. The smallest absolute Gasteiger partial charge is 0.308 e. The highest BCUT2D eigenvalue weighted by atomic mass is 16.5. The van der Waals surface area contributed by atoms with Crippen molar-refractivity contribution >= 4 is 46.9 Å². The molecule has 0 saturated carbocycles. The number of rotatable bonds is 10. The molecule has 2 N–H and O–H groups in total. The fourth-order valence-electron chi connectivity index (χ4n) is 4.25. The van der Waals surface area contributed by atoms with Gasteiger partial charge in [0, 0.05) is 55.3 Å². The Morgan fingerprint density at radius 1 is 0.511 bits per heavy atom. The van der Waals surface area contributed by atoms with Gasteiger partial charge in [0.1, 0.15) is 17.2 Å². The fraction of sp³-hybridized carbons (Fsp3) is 0.118. The number of anilines is 2. The number of Topliss-reactive ketones (excluding diaryl/α,β-unsaturated/α-hetero) is 1. The van der Waals surface area contributed by atoms with Crippen molar-refractivity contribution < 1.29 is 43.0 Å². The van der Waals surface area contributed by atoms with Crippen LogP contribution in [0.1, 0.15) is 57.4 Å². The summed E-state index contributed by atoms with van der Waals surface area (Å²) in [5.41, 5.74) is 1.50. The van der Waals surface area contributed by atoms with Gasteiger partial charge in [-0.1, -0.05) is 24.3 Å². The van der Waals surface area contributed by atoms with Gasteiger partial charge in [0.05, 0.1) is 0 Å². The Hall–Kier alpha value is -6.10. The first-order valence-corrected chi connectivity index (χ1v) is 13.6. The van der Waals surface area contributed by atoms with Gasteiger partial charge < -0.3 is 24.8 Å². The molecule has 0 bridgehead atoms. The monoisotopic (exact) mass is 608 g/mol. The van der Waals surface area contributed by atoms with Crippen molar-refractivity contribution in [2.75, 3.05) is 10.6 Å². The van der Waals surface area contributed by atoms with Gasteiger partial charge in [0.2, 0.25) is 0 Å². The molecule has 11 nitrogen and oxygen atoms in total. The standard InChI is InChI=1S/C34H28N2O9/c1-20(37)43-29-10-4-7-23(13-29)14-32(40)26-15-27(35-33(41)24-8-5-11-30(17-24)44-21(2)38)19-28(16-26)36-34(42)25-9-6-12-31(18-25)45-22(3)39/h4-13,15-19H,14H2,1-3H3,(H,35,41)(H,36,42). The van der Waals surface area contributed by atoms with Crippen LogP contribution in [0.5, 0.6) is 17.2 Å². The van der Waals surface area contributed by atoms with Crippen LogP contribution < -0.4 is 24.8 Å². The van der Waals surface area contributed by atoms with E-state index in [1.807, 2.05) is 0 Å².